The molecule has 3 rings (SSSR count). The molecule has 0 fully saturated rings. The first-order valence-electron chi connectivity index (χ1n) is 5.97. The molecule has 1 aliphatic heterocycles. The van der Waals surface area contributed by atoms with Crippen LogP contribution in [0.25, 0.3) is 0 Å². The number of carboxylic acid groups (broad SMARTS) is 1. The van der Waals surface area contributed by atoms with Crippen molar-refractivity contribution in [3.8, 4) is 5.75 Å². The zero-order chi connectivity index (χ0) is 14.3. The van der Waals surface area contributed by atoms with Crippen molar-refractivity contribution in [2.45, 2.75) is 5.72 Å². The molecule has 0 radical (unpaired) electrons. The van der Waals surface area contributed by atoms with Gasteiger partial charge in [0.15, 0.2) is 0 Å². The molecular formula is C14H13N3O3. The van der Waals surface area contributed by atoms with Gasteiger partial charge in [0, 0.05) is 16.9 Å². The summed E-state index contributed by atoms with van der Waals surface area (Å²) >= 11 is 0. The van der Waals surface area contributed by atoms with Crippen molar-refractivity contribution in [2.24, 2.45) is 0 Å². The third kappa shape index (κ3) is 1.70. The minimum Gasteiger partial charge on any atom is -0.477 e. The fourth-order valence-corrected chi connectivity index (χ4v) is 2.18. The first kappa shape index (κ1) is 12.2. The van der Waals surface area contributed by atoms with Crippen molar-refractivity contribution >= 4 is 23.0 Å². The molecule has 6 heteroatoms. The fraction of sp³-hybridized carbons (Fsp3) is 0.0714. The molecule has 1 heterocycles. The van der Waals surface area contributed by atoms with Crippen molar-refractivity contribution in [1.29, 1.82) is 0 Å². The van der Waals surface area contributed by atoms with Gasteiger partial charge in [-0.2, -0.15) is 0 Å². The number of benzene rings is 2. The summed E-state index contributed by atoms with van der Waals surface area (Å²) in [7, 11) is 0. The molecule has 6 nitrogen and oxygen atoms in total. The highest BCUT2D eigenvalue weighted by molar-refractivity contribution is 5.87. The SMILES string of the molecule is Nc1ccc(C2(C(=O)O)Nc3cc(N)ccc3O2)cc1. The lowest BCUT2D eigenvalue weighted by atomic mass is 10.0. The van der Waals surface area contributed by atoms with Gasteiger partial charge < -0.3 is 26.6 Å². The van der Waals surface area contributed by atoms with Crippen LogP contribution in [0.3, 0.4) is 0 Å². The van der Waals surface area contributed by atoms with E-state index in [4.69, 9.17) is 16.2 Å². The molecule has 0 spiro atoms. The minimum absolute atomic E-state index is 0.443. The molecule has 6 N–H and O–H groups in total. The van der Waals surface area contributed by atoms with Crippen LogP contribution in [0.4, 0.5) is 17.1 Å². The Morgan fingerprint density at radius 3 is 2.40 bits per heavy atom. The summed E-state index contributed by atoms with van der Waals surface area (Å²) in [5, 5.41) is 12.5. The number of aliphatic carboxylic acids is 1. The van der Waals surface area contributed by atoms with E-state index in [9.17, 15) is 9.90 Å². The van der Waals surface area contributed by atoms with Crippen LogP contribution in [0, 0.1) is 0 Å². The van der Waals surface area contributed by atoms with E-state index in [-0.39, 0.29) is 0 Å². The molecule has 0 aromatic heterocycles. The van der Waals surface area contributed by atoms with E-state index < -0.39 is 11.7 Å². The minimum atomic E-state index is -1.66. The number of carboxylic acids is 1. The van der Waals surface area contributed by atoms with Gasteiger partial charge in [-0.25, -0.2) is 4.79 Å². The Bertz CT molecular complexity index is 685. The van der Waals surface area contributed by atoms with Gasteiger partial charge in [0.2, 0.25) is 0 Å². The summed E-state index contributed by atoms with van der Waals surface area (Å²) in [5.41, 5.74) is 11.7. The smallest absolute Gasteiger partial charge is 0.375 e. The van der Waals surface area contributed by atoms with Crippen molar-refractivity contribution in [3.05, 3.63) is 48.0 Å². The molecule has 0 saturated heterocycles. The van der Waals surface area contributed by atoms with E-state index in [1.165, 1.54) is 0 Å². The largest absolute Gasteiger partial charge is 0.477 e. The summed E-state index contributed by atoms with van der Waals surface area (Å²) in [6.07, 6.45) is 0. The van der Waals surface area contributed by atoms with Crippen molar-refractivity contribution in [3.63, 3.8) is 0 Å². The predicted molar refractivity (Wildman–Crippen MR) is 75.3 cm³/mol. The first-order chi connectivity index (χ1) is 9.51. The van der Waals surface area contributed by atoms with Crippen molar-refractivity contribution in [2.75, 3.05) is 16.8 Å². The fourth-order valence-electron chi connectivity index (χ4n) is 2.18. The van der Waals surface area contributed by atoms with Crippen LogP contribution in [0.2, 0.25) is 0 Å². The molecular weight excluding hydrogens is 258 g/mol. The van der Waals surface area contributed by atoms with Gasteiger partial charge in [-0.15, -0.1) is 0 Å². The van der Waals surface area contributed by atoms with E-state index in [1.54, 1.807) is 42.5 Å². The summed E-state index contributed by atoms with van der Waals surface area (Å²) in [5.74, 6) is -0.699. The number of anilines is 3. The maximum Gasteiger partial charge on any atom is 0.375 e. The highest BCUT2D eigenvalue weighted by atomic mass is 16.6. The van der Waals surface area contributed by atoms with Gasteiger partial charge in [0.1, 0.15) is 5.75 Å². The normalized spacial score (nSPS) is 19.8. The second kappa shape index (κ2) is 4.06. The zero-order valence-corrected chi connectivity index (χ0v) is 10.5. The monoisotopic (exact) mass is 271 g/mol. The summed E-state index contributed by atoms with van der Waals surface area (Å²) < 4.78 is 5.63. The Hall–Kier alpha value is -2.89. The first-order valence-corrected chi connectivity index (χ1v) is 5.97. The van der Waals surface area contributed by atoms with E-state index >= 15 is 0 Å². The van der Waals surface area contributed by atoms with Crippen LogP contribution in [0.15, 0.2) is 42.5 Å². The van der Waals surface area contributed by atoms with Crippen LogP contribution in [0.5, 0.6) is 5.75 Å². The number of rotatable bonds is 2. The van der Waals surface area contributed by atoms with Gasteiger partial charge in [-0.1, -0.05) is 12.1 Å². The van der Waals surface area contributed by atoms with E-state index in [0.717, 1.165) is 0 Å². The number of nitrogen functional groups attached to an aromatic ring is 2. The topological polar surface area (TPSA) is 111 Å². The number of carbonyl (C=O) groups is 1. The summed E-state index contributed by atoms with van der Waals surface area (Å²) in [6.45, 7) is 0. The zero-order valence-electron chi connectivity index (χ0n) is 10.5. The lowest BCUT2D eigenvalue weighted by Crippen LogP contribution is -2.45. The van der Waals surface area contributed by atoms with Gasteiger partial charge in [0.05, 0.1) is 5.69 Å². The third-order valence-electron chi connectivity index (χ3n) is 3.20. The molecule has 20 heavy (non-hydrogen) atoms. The Morgan fingerprint density at radius 2 is 1.75 bits per heavy atom. The van der Waals surface area contributed by atoms with Crippen LogP contribution in [-0.4, -0.2) is 11.1 Å². The van der Waals surface area contributed by atoms with E-state index in [1.807, 2.05) is 0 Å². The molecule has 1 aliphatic rings. The average Bonchev–Trinajstić information content (AvgIpc) is 2.79. The third-order valence-corrected chi connectivity index (χ3v) is 3.20. The van der Waals surface area contributed by atoms with Crippen LogP contribution >= 0.6 is 0 Å². The maximum atomic E-state index is 11.7. The van der Waals surface area contributed by atoms with Crippen LogP contribution in [-0.2, 0) is 10.5 Å². The van der Waals surface area contributed by atoms with Crippen LogP contribution in [0.1, 0.15) is 5.56 Å². The van der Waals surface area contributed by atoms with Crippen molar-refractivity contribution in [1.82, 2.24) is 0 Å². The number of ether oxygens (including phenoxy) is 1. The molecule has 2 aromatic carbocycles. The Labute approximate surface area is 115 Å². The molecule has 1 unspecified atom stereocenters. The van der Waals surface area contributed by atoms with Crippen LogP contribution < -0.4 is 21.5 Å². The highest BCUT2D eigenvalue weighted by Crippen LogP contribution is 2.42. The molecule has 2 aromatic rings. The van der Waals surface area contributed by atoms with E-state index in [0.29, 0.717) is 28.4 Å². The van der Waals surface area contributed by atoms with E-state index in [2.05, 4.69) is 5.32 Å². The van der Waals surface area contributed by atoms with Gasteiger partial charge in [-0.05, 0) is 30.3 Å². The molecule has 0 aliphatic carbocycles. The molecule has 0 amide bonds. The molecule has 0 saturated carbocycles. The molecule has 102 valence electrons. The lowest BCUT2D eigenvalue weighted by Gasteiger charge is -2.24. The Kier molecular flexibility index (Phi) is 2.47. The lowest BCUT2D eigenvalue weighted by molar-refractivity contribution is -0.152. The summed E-state index contributed by atoms with van der Waals surface area (Å²) in [6, 6.07) is 11.4. The molecule has 1 atom stereocenters. The second-order valence-corrected chi connectivity index (χ2v) is 4.59. The quantitative estimate of drug-likeness (QED) is 0.617. The number of nitrogens with one attached hydrogen (secondary N) is 1. The second-order valence-electron chi connectivity index (χ2n) is 4.59. The number of nitrogens with two attached hydrogens (primary N) is 2. The number of hydrogen-bond donors (Lipinski definition) is 4. The maximum absolute atomic E-state index is 11.7. The Balaban J connectivity index is 2.09. The number of fused-ring (bicyclic) bond motifs is 1. The summed E-state index contributed by atoms with van der Waals surface area (Å²) in [4.78, 5) is 11.7. The van der Waals surface area contributed by atoms with Gasteiger partial charge >= 0.3 is 11.7 Å². The van der Waals surface area contributed by atoms with Gasteiger partial charge in [-0.3, -0.25) is 0 Å². The number of hydrogen-bond acceptors (Lipinski definition) is 5. The Morgan fingerprint density at radius 1 is 1.10 bits per heavy atom. The highest BCUT2D eigenvalue weighted by Gasteiger charge is 2.48. The predicted octanol–water partition coefficient (Wildman–Crippen LogP) is 1.59. The average molecular weight is 271 g/mol. The standard InChI is InChI=1S/C14H13N3O3/c15-9-3-1-8(2-4-9)14(13(18)19)17-11-7-10(16)5-6-12(11)20-14/h1-7,17H,15-16H2,(H,18,19). The van der Waals surface area contributed by atoms with Gasteiger partial charge in [0.25, 0.3) is 0 Å². The van der Waals surface area contributed by atoms with Crippen molar-refractivity contribution < 1.29 is 14.6 Å². The molecule has 0 bridgehead atoms.